The quantitative estimate of drug-likeness (QED) is 0.814. The van der Waals surface area contributed by atoms with Crippen molar-refractivity contribution in [3.05, 3.63) is 33.8 Å². The molecule has 2 rings (SSSR count). The fraction of sp³-hybridized carbons (Fsp3) is 0.538. The molecule has 0 spiro atoms. The Morgan fingerprint density at radius 3 is 2.82 bits per heavy atom. The van der Waals surface area contributed by atoms with Gasteiger partial charge in [0.15, 0.2) is 5.79 Å². The van der Waals surface area contributed by atoms with Crippen LogP contribution in [0.4, 0.5) is 0 Å². The number of ether oxygens (including phenoxy) is 2. The van der Waals surface area contributed by atoms with Crippen LogP contribution in [0.15, 0.2) is 18.2 Å². The van der Waals surface area contributed by atoms with E-state index in [2.05, 4.69) is 6.92 Å². The number of halogens is 2. The molecule has 0 unspecified atom stereocenters. The van der Waals surface area contributed by atoms with Crippen LogP contribution >= 0.6 is 23.2 Å². The Balaban J connectivity index is 2.21. The third-order valence-corrected chi connectivity index (χ3v) is 3.52. The summed E-state index contributed by atoms with van der Waals surface area (Å²) in [6.45, 7) is 4.65. The SMILES string of the molecule is CCC[C@H]1CO[C@](C)(c2ccc(Cl)cc2Cl)O1. The second kappa shape index (κ2) is 5.15. The Labute approximate surface area is 112 Å². The molecule has 17 heavy (non-hydrogen) atoms. The van der Waals surface area contributed by atoms with Gasteiger partial charge in [-0.15, -0.1) is 0 Å². The third kappa shape index (κ3) is 2.76. The predicted octanol–water partition coefficient (Wildman–Crippen LogP) is 4.38. The Hall–Kier alpha value is -0.280. The van der Waals surface area contributed by atoms with E-state index >= 15 is 0 Å². The Bertz CT molecular complexity index is 408. The van der Waals surface area contributed by atoms with Gasteiger partial charge in [0.2, 0.25) is 0 Å². The van der Waals surface area contributed by atoms with Crippen molar-refractivity contribution >= 4 is 23.2 Å². The largest absolute Gasteiger partial charge is 0.343 e. The van der Waals surface area contributed by atoms with E-state index in [1.165, 1.54) is 0 Å². The van der Waals surface area contributed by atoms with Gasteiger partial charge in [0.25, 0.3) is 0 Å². The molecule has 1 aromatic carbocycles. The second-order valence-corrected chi connectivity index (χ2v) is 5.25. The van der Waals surface area contributed by atoms with E-state index in [0.717, 1.165) is 18.4 Å². The minimum absolute atomic E-state index is 0.150. The highest BCUT2D eigenvalue weighted by Crippen LogP contribution is 2.39. The van der Waals surface area contributed by atoms with E-state index in [1.54, 1.807) is 12.1 Å². The fourth-order valence-corrected chi connectivity index (χ4v) is 2.68. The van der Waals surface area contributed by atoms with Gasteiger partial charge in [0.1, 0.15) is 0 Å². The van der Waals surface area contributed by atoms with Crippen LogP contribution in [-0.4, -0.2) is 12.7 Å². The van der Waals surface area contributed by atoms with E-state index < -0.39 is 5.79 Å². The lowest BCUT2D eigenvalue weighted by molar-refractivity contribution is -0.162. The normalized spacial score (nSPS) is 28.6. The first-order valence-corrected chi connectivity index (χ1v) is 6.58. The topological polar surface area (TPSA) is 18.5 Å². The lowest BCUT2D eigenvalue weighted by atomic mass is 10.1. The van der Waals surface area contributed by atoms with Crippen molar-refractivity contribution in [2.75, 3.05) is 6.61 Å². The summed E-state index contributed by atoms with van der Waals surface area (Å²) < 4.78 is 11.7. The Morgan fingerprint density at radius 2 is 2.18 bits per heavy atom. The smallest absolute Gasteiger partial charge is 0.193 e. The first kappa shape index (κ1) is 13.2. The summed E-state index contributed by atoms with van der Waals surface area (Å²) in [5.74, 6) is -0.749. The molecule has 2 atom stereocenters. The molecule has 1 fully saturated rings. The van der Waals surface area contributed by atoms with Crippen LogP contribution in [0.3, 0.4) is 0 Å². The van der Waals surface area contributed by atoms with Gasteiger partial charge in [-0.1, -0.05) is 42.6 Å². The average Bonchev–Trinajstić information content (AvgIpc) is 2.61. The molecular weight excluding hydrogens is 259 g/mol. The van der Waals surface area contributed by atoms with Crippen LogP contribution in [0.5, 0.6) is 0 Å². The molecule has 1 aliphatic rings. The minimum Gasteiger partial charge on any atom is -0.343 e. The highest BCUT2D eigenvalue weighted by Gasteiger charge is 2.39. The monoisotopic (exact) mass is 274 g/mol. The molecule has 1 heterocycles. The van der Waals surface area contributed by atoms with Gasteiger partial charge in [-0.25, -0.2) is 0 Å². The van der Waals surface area contributed by atoms with Gasteiger partial charge >= 0.3 is 0 Å². The molecule has 94 valence electrons. The van der Waals surface area contributed by atoms with Crippen LogP contribution in [0.2, 0.25) is 10.0 Å². The maximum Gasteiger partial charge on any atom is 0.193 e. The highest BCUT2D eigenvalue weighted by molar-refractivity contribution is 6.35. The Kier molecular flexibility index (Phi) is 3.99. The molecule has 0 amide bonds. The summed E-state index contributed by atoms with van der Waals surface area (Å²) in [4.78, 5) is 0. The molecule has 0 radical (unpaired) electrons. The molecule has 4 heteroatoms. The van der Waals surface area contributed by atoms with Crippen LogP contribution in [0, 0.1) is 0 Å². The molecule has 1 saturated heterocycles. The standard InChI is InChI=1S/C13H16Cl2O2/c1-3-4-10-8-16-13(2,17-10)11-6-5-9(14)7-12(11)15/h5-7,10H,3-4,8H2,1-2H3/t10-,13-/m0/s1. The van der Waals surface area contributed by atoms with Gasteiger partial charge in [-0.3, -0.25) is 0 Å². The van der Waals surface area contributed by atoms with Gasteiger partial charge in [0, 0.05) is 10.6 Å². The van der Waals surface area contributed by atoms with E-state index in [4.69, 9.17) is 32.7 Å². The van der Waals surface area contributed by atoms with Gasteiger partial charge in [0.05, 0.1) is 17.7 Å². The van der Waals surface area contributed by atoms with Crippen molar-refractivity contribution < 1.29 is 9.47 Å². The average molecular weight is 275 g/mol. The summed E-state index contributed by atoms with van der Waals surface area (Å²) in [5.41, 5.74) is 0.835. The lowest BCUT2D eigenvalue weighted by Gasteiger charge is -2.25. The zero-order chi connectivity index (χ0) is 12.5. The third-order valence-electron chi connectivity index (χ3n) is 2.97. The molecule has 0 bridgehead atoms. The molecule has 0 N–H and O–H groups in total. The zero-order valence-electron chi connectivity index (χ0n) is 10.0. The van der Waals surface area contributed by atoms with Crippen LogP contribution < -0.4 is 0 Å². The predicted molar refractivity (Wildman–Crippen MR) is 69.5 cm³/mol. The lowest BCUT2D eigenvalue weighted by Crippen LogP contribution is -2.24. The maximum atomic E-state index is 6.18. The minimum atomic E-state index is -0.749. The van der Waals surface area contributed by atoms with Gasteiger partial charge in [-0.05, 0) is 25.5 Å². The van der Waals surface area contributed by atoms with Crippen LogP contribution in [0.25, 0.3) is 0 Å². The van der Waals surface area contributed by atoms with Crippen molar-refractivity contribution in [1.29, 1.82) is 0 Å². The van der Waals surface area contributed by atoms with Gasteiger partial charge < -0.3 is 9.47 Å². The molecule has 1 aromatic rings. The maximum absolute atomic E-state index is 6.18. The molecule has 0 aromatic heterocycles. The van der Waals surface area contributed by atoms with Crippen LogP contribution in [0.1, 0.15) is 32.3 Å². The van der Waals surface area contributed by atoms with Crippen molar-refractivity contribution in [2.45, 2.75) is 38.6 Å². The fourth-order valence-electron chi connectivity index (χ4n) is 2.10. The summed E-state index contributed by atoms with van der Waals surface area (Å²) in [7, 11) is 0. The van der Waals surface area contributed by atoms with Crippen molar-refractivity contribution in [1.82, 2.24) is 0 Å². The number of benzene rings is 1. The zero-order valence-corrected chi connectivity index (χ0v) is 11.5. The van der Waals surface area contributed by atoms with Crippen molar-refractivity contribution in [3.8, 4) is 0 Å². The van der Waals surface area contributed by atoms with E-state index in [-0.39, 0.29) is 6.10 Å². The summed E-state index contributed by atoms with van der Waals surface area (Å²) in [6, 6.07) is 5.37. The molecule has 2 nitrogen and oxygen atoms in total. The van der Waals surface area contributed by atoms with E-state index in [9.17, 15) is 0 Å². The molecular formula is C13H16Cl2O2. The summed E-state index contributed by atoms with van der Waals surface area (Å²) in [5, 5.41) is 1.20. The van der Waals surface area contributed by atoms with Crippen molar-refractivity contribution in [2.24, 2.45) is 0 Å². The number of hydrogen-bond acceptors (Lipinski definition) is 2. The summed E-state index contributed by atoms with van der Waals surface area (Å²) in [6.07, 6.45) is 2.23. The number of rotatable bonds is 3. The summed E-state index contributed by atoms with van der Waals surface area (Å²) >= 11 is 12.1. The van der Waals surface area contributed by atoms with Crippen molar-refractivity contribution in [3.63, 3.8) is 0 Å². The number of hydrogen-bond donors (Lipinski definition) is 0. The molecule has 0 aliphatic carbocycles. The first-order chi connectivity index (χ1) is 8.05. The van der Waals surface area contributed by atoms with Gasteiger partial charge in [-0.2, -0.15) is 0 Å². The molecule has 1 aliphatic heterocycles. The van der Waals surface area contributed by atoms with Crippen LogP contribution in [-0.2, 0) is 15.3 Å². The Morgan fingerprint density at radius 1 is 1.41 bits per heavy atom. The first-order valence-electron chi connectivity index (χ1n) is 5.82. The highest BCUT2D eigenvalue weighted by atomic mass is 35.5. The van der Waals surface area contributed by atoms with E-state index in [1.807, 2.05) is 13.0 Å². The van der Waals surface area contributed by atoms with E-state index in [0.29, 0.717) is 16.7 Å². The molecule has 0 saturated carbocycles. The second-order valence-electron chi connectivity index (χ2n) is 4.41.